The molecule has 0 N–H and O–H groups in total. The van der Waals surface area contributed by atoms with Crippen molar-refractivity contribution in [1.82, 2.24) is 0 Å². The largest absolute Gasteiger partial charge is 0.493 e. The van der Waals surface area contributed by atoms with Crippen LogP contribution in [0.25, 0.3) is 0 Å². The molecular formula is C19H22O3. The van der Waals surface area contributed by atoms with E-state index in [4.69, 9.17) is 9.47 Å². The van der Waals surface area contributed by atoms with Crippen molar-refractivity contribution in [3.05, 3.63) is 23.3 Å². The van der Waals surface area contributed by atoms with Gasteiger partial charge in [-0.25, -0.2) is 0 Å². The van der Waals surface area contributed by atoms with Crippen LogP contribution in [-0.2, 0) is 16.6 Å². The maximum atomic E-state index is 12.8. The van der Waals surface area contributed by atoms with E-state index >= 15 is 0 Å². The summed E-state index contributed by atoms with van der Waals surface area (Å²) in [7, 11) is 1.69. The molecule has 5 atom stereocenters. The van der Waals surface area contributed by atoms with Crippen molar-refractivity contribution in [1.29, 1.82) is 0 Å². The predicted molar refractivity (Wildman–Crippen MR) is 82.4 cm³/mol. The van der Waals surface area contributed by atoms with Crippen LogP contribution in [0.3, 0.4) is 0 Å². The highest BCUT2D eigenvalue weighted by Crippen LogP contribution is 2.66. The minimum atomic E-state index is -0.262. The Kier molecular flexibility index (Phi) is 2.40. The SMILES string of the molecule is COc1ccc2c3c1O[C@H]1C(=O)CC(C)C4[C@H](CCC[C@@]341)C2. The summed E-state index contributed by atoms with van der Waals surface area (Å²) in [5.41, 5.74) is 2.67. The lowest BCUT2D eigenvalue weighted by atomic mass is 9.46. The molecule has 2 bridgehead atoms. The summed E-state index contributed by atoms with van der Waals surface area (Å²) in [4.78, 5) is 12.8. The van der Waals surface area contributed by atoms with E-state index in [0.717, 1.165) is 30.3 Å². The van der Waals surface area contributed by atoms with Crippen LogP contribution in [0.4, 0.5) is 0 Å². The highest BCUT2D eigenvalue weighted by molar-refractivity contribution is 5.89. The Morgan fingerprint density at radius 2 is 2.18 bits per heavy atom. The van der Waals surface area contributed by atoms with E-state index in [2.05, 4.69) is 13.0 Å². The smallest absolute Gasteiger partial charge is 0.174 e. The third-order valence-electron chi connectivity index (χ3n) is 6.78. The van der Waals surface area contributed by atoms with Crippen LogP contribution in [0.1, 0.15) is 43.7 Å². The number of hydrogen-bond donors (Lipinski definition) is 0. The van der Waals surface area contributed by atoms with Crippen LogP contribution in [-0.4, -0.2) is 19.0 Å². The van der Waals surface area contributed by atoms with Gasteiger partial charge in [0.05, 0.1) is 7.11 Å². The van der Waals surface area contributed by atoms with Gasteiger partial charge in [-0.1, -0.05) is 19.4 Å². The summed E-state index contributed by atoms with van der Waals surface area (Å²) in [6, 6.07) is 4.23. The maximum Gasteiger partial charge on any atom is 0.174 e. The maximum absolute atomic E-state index is 12.8. The van der Waals surface area contributed by atoms with E-state index in [1.807, 2.05) is 6.07 Å². The fourth-order valence-corrected chi connectivity index (χ4v) is 6.33. The quantitative estimate of drug-likeness (QED) is 0.798. The van der Waals surface area contributed by atoms with Gasteiger partial charge in [-0.15, -0.1) is 0 Å². The van der Waals surface area contributed by atoms with Gasteiger partial charge in [-0.05, 0) is 48.6 Å². The van der Waals surface area contributed by atoms with E-state index < -0.39 is 0 Å². The molecule has 2 fully saturated rings. The molecule has 1 heterocycles. The minimum absolute atomic E-state index is 0.0604. The summed E-state index contributed by atoms with van der Waals surface area (Å²) in [5, 5.41) is 0. The third kappa shape index (κ3) is 1.28. The number of methoxy groups -OCH3 is 1. The zero-order valence-electron chi connectivity index (χ0n) is 13.2. The molecule has 3 aliphatic carbocycles. The Hall–Kier alpha value is -1.51. The van der Waals surface area contributed by atoms with E-state index in [1.54, 1.807) is 7.11 Å². The normalized spacial score (nSPS) is 40.9. The van der Waals surface area contributed by atoms with Gasteiger partial charge in [0, 0.05) is 17.4 Å². The molecule has 4 aliphatic rings. The van der Waals surface area contributed by atoms with Crippen LogP contribution >= 0.6 is 0 Å². The average Bonchev–Trinajstić information content (AvgIpc) is 2.83. The number of hydrogen-bond acceptors (Lipinski definition) is 3. The third-order valence-corrected chi connectivity index (χ3v) is 6.78. The molecule has 1 aromatic rings. The molecule has 0 amide bonds. The fraction of sp³-hybridized carbons (Fsp3) is 0.632. The van der Waals surface area contributed by atoms with Gasteiger partial charge in [0.15, 0.2) is 23.4 Å². The molecule has 1 aliphatic heterocycles. The number of Topliss-reactive ketones (excluding diaryl/α,β-unsaturated/α-hetero) is 1. The van der Waals surface area contributed by atoms with Gasteiger partial charge >= 0.3 is 0 Å². The summed E-state index contributed by atoms with van der Waals surface area (Å²) in [5.74, 6) is 3.77. The van der Waals surface area contributed by atoms with Gasteiger partial charge in [0.1, 0.15) is 0 Å². The number of ether oxygens (including phenoxy) is 2. The van der Waals surface area contributed by atoms with E-state index in [9.17, 15) is 4.79 Å². The van der Waals surface area contributed by atoms with Crippen molar-refractivity contribution in [2.24, 2.45) is 17.8 Å². The van der Waals surface area contributed by atoms with Gasteiger partial charge in [-0.2, -0.15) is 0 Å². The first-order chi connectivity index (χ1) is 10.7. The molecule has 1 spiro atoms. The first kappa shape index (κ1) is 13.0. The minimum Gasteiger partial charge on any atom is -0.493 e. The second kappa shape index (κ2) is 4.06. The van der Waals surface area contributed by atoms with Crippen LogP contribution < -0.4 is 9.47 Å². The van der Waals surface area contributed by atoms with Crippen LogP contribution in [0, 0.1) is 17.8 Å². The number of rotatable bonds is 1. The average molecular weight is 298 g/mol. The zero-order valence-corrected chi connectivity index (χ0v) is 13.2. The Labute approximate surface area is 131 Å². The first-order valence-electron chi connectivity index (χ1n) is 8.56. The Balaban J connectivity index is 1.83. The lowest BCUT2D eigenvalue weighted by Crippen LogP contribution is -2.61. The number of ketones is 1. The van der Waals surface area contributed by atoms with Crippen molar-refractivity contribution in [3.8, 4) is 11.5 Å². The number of carbonyl (C=O) groups is 1. The molecule has 0 radical (unpaired) electrons. The summed E-state index contributed by atoms with van der Waals surface area (Å²) >= 11 is 0. The van der Waals surface area contributed by atoms with Crippen LogP contribution in [0.5, 0.6) is 11.5 Å². The monoisotopic (exact) mass is 298 g/mol. The number of benzene rings is 1. The Morgan fingerprint density at radius 1 is 1.32 bits per heavy atom. The first-order valence-corrected chi connectivity index (χ1v) is 8.56. The van der Waals surface area contributed by atoms with Crippen molar-refractivity contribution >= 4 is 5.78 Å². The molecule has 22 heavy (non-hydrogen) atoms. The summed E-state index contributed by atoms with van der Waals surface area (Å²) < 4.78 is 11.8. The predicted octanol–water partition coefficient (Wildman–Crippen LogP) is 3.28. The van der Waals surface area contributed by atoms with Crippen molar-refractivity contribution in [2.75, 3.05) is 7.11 Å². The summed E-state index contributed by atoms with van der Waals surface area (Å²) in [6.45, 7) is 2.28. The van der Waals surface area contributed by atoms with E-state index in [0.29, 0.717) is 24.0 Å². The highest BCUT2D eigenvalue weighted by Gasteiger charge is 2.66. The summed E-state index contributed by atoms with van der Waals surface area (Å²) in [6.07, 6.45) is 5.19. The van der Waals surface area contributed by atoms with Gasteiger partial charge < -0.3 is 9.47 Å². The lowest BCUT2D eigenvalue weighted by molar-refractivity contribution is -0.140. The molecular weight excluding hydrogens is 276 g/mol. The molecule has 1 aromatic carbocycles. The highest BCUT2D eigenvalue weighted by atomic mass is 16.5. The van der Waals surface area contributed by atoms with Gasteiger partial charge in [0.25, 0.3) is 0 Å². The second-order valence-corrected chi connectivity index (χ2v) is 7.70. The van der Waals surface area contributed by atoms with E-state index in [1.165, 1.54) is 24.0 Å². The lowest BCUT2D eigenvalue weighted by Gasteiger charge is -2.56. The second-order valence-electron chi connectivity index (χ2n) is 7.70. The topological polar surface area (TPSA) is 35.5 Å². The molecule has 3 nitrogen and oxygen atoms in total. The molecule has 0 aromatic heterocycles. The molecule has 2 saturated carbocycles. The van der Waals surface area contributed by atoms with E-state index in [-0.39, 0.29) is 11.5 Å². The standard InChI is InChI=1S/C19H22O3/c1-10-8-13(20)18-19-7-3-4-11(15(10)19)9-12-5-6-14(21-2)17(22-18)16(12)19/h5-6,10-11,15,18H,3-4,7-9H2,1-2H3/t10?,11-,15?,18+,19+/m1/s1. The molecule has 3 heteroatoms. The molecule has 5 rings (SSSR count). The van der Waals surface area contributed by atoms with Gasteiger partial charge in [0.2, 0.25) is 0 Å². The Morgan fingerprint density at radius 3 is 3.00 bits per heavy atom. The molecule has 0 saturated heterocycles. The van der Waals surface area contributed by atoms with Crippen LogP contribution in [0.2, 0.25) is 0 Å². The molecule has 2 unspecified atom stereocenters. The van der Waals surface area contributed by atoms with Crippen molar-refractivity contribution in [3.63, 3.8) is 0 Å². The fourth-order valence-electron chi connectivity index (χ4n) is 6.33. The zero-order chi connectivity index (χ0) is 15.1. The van der Waals surface area contributed by atoms with Crippen molar-refractivity contribution < 1.29 is 14.3 Å². The van der Waals surface area contributed by atoms with Gasteiger partial charge in [-0.3, -0.25) is 4.79 Å². The van der Waals surface area contributed by atoms with Crippen molar-refractivity contribution in [2.45, 2.75) is 50.5 Å². The number of carbonyl (C=O) groups excluding carboxylic acids is 1. The Bertz CT molecular complexity index is 680. The van der Waals surface area contributed by atoms with Crippen LogP contribution in [0.15, 0.2) is 12.1 Å². The molecule has 116 valence electrons.